The van der Waals surface area contributed by atoms with Crippen molar-refractivity contribution in [1.82, 2.24) is 21.3 Å². The number of benzene rings is 2. The third-order valence-electron chi connectivity index (χ3n) is 6.44. The van der Waals surface area contributed by atoms with E-state index in [1.54, 1.807) is 60.7 Å². The van der Waals surface area contributed by atoms with Gasteiger partial charge in [-0.1, -0.05) is 60.7 Å². The summed E-state index contributed by atoms with van der Waals surface area (Å²) in [7, 11) is 0. The van der Waals surface area contributed by atoms with Gasteiger partial charge in [-0.25, -0.2) is 4.79 Å². The Morgan fingerprint density at radius 1 is 0.659 bits per heavy atom. The second-order valence-corrected chi connectivity index (χ2v) is 10.2. The zero-order valence-corrected chi connectivity index (χ0v) is 24.6. The van der Waals surface area contributed by atoms with Crippen molar-refractivity contribution >= 4 is 48.2 Å². The topological polar surface area (TPSA) is 237 Å². The Balaban J connectivity index is 2.33. The molecule has 0 aromatic heterocycles. The maximum absolute atomic E-state index is 13.5. The summed E-state index contributed by atoms with van der Waals surface area (Å²) < 4.78 is 0. The molecular formula is C29H37N5O9S. The first-order chi connectivity index (χ1) is 20.9. The third-order valence-corrected chi connectivity index (χ3v) is 6.81. The molecule has 5 atom stereocenters. The number of nitrogens with one attached hydrogen (secondary N) is 4. The Kier molecular flexibility index (Phi) is 14.8. The molecule has 0 fully saturated rings. The molecule has 0 unspecified atom stereocenters. The van der Waals surface area contributed by atoms with Gasteiger partial charge in [-0.2, -0.15) is 12.6 Å². The maximum Gasteiger partial charge on any atom is 0.327 e. The molecule has 15 heteroatoms. The van der Waals surface area contributed by atoms with Crippen molar-refractivity contribution in [2.24, 2.45) is 5.73 Å². The van der Waals surface area contributed by atoms with Crippen LogP contribution in [0.5, 0.6) is 0 Å². The van der Waals surface area contributed by atoms with Crippen molar-refractivity contribution in [3.63, 3.8) is 0 Å². The lowest BCUT2D eigenvalue weighted by Crippen LogP contribution is -2.59. The fraction of sp³-hybridized carbons (Fsp3) is 0.379. The average Bonchev–Trinajstić information content (AvgIpc) is 3.01. The molecule has 4 amide bonds. The fourth-order valence-electron chi connectivity index (χ4n) is 4.02. The summed E-state index contributed by atoms with van der Waals surface area (Å²) in [5.41, 5.74) is 6.87. The van der Waals surface area contributed by atoms with E-state index in [4.69, 9.17) is 5.73 Å². The molecule has 238 valence electrons. The third kappa shape index (κ3) is 12.0. The standard InChI is InChI=1S/C29H37N5O9S/c30-19(15-35)25(38)32-21(13-17-7-3-1-4-8-17)27(40)31-20(11-12-24(36)37)26(39)33-22(14-18-9-5-2-6-10-18)28(41)34-23(16-44)29(42)43/h1-10,19-23,35,44H,11-16,30H2,(H,31,40)(H,32,38)(H,33,39)(H,34,41)(H,36,37)(H,42,43)/t19-,20-,21-,22-,23-/m0/s1. The van der Waals surface area contributed by atoms with Crippen LogP contribution in [0.4, 0.5) is 0 Å². The van der Waals surface area contributed by atoms with E-state index in [1.807, 2.05) is 0 Å². The lowest BCUT2D eigenvalue weighted by atomic mass is 10.0. The highest BCUT2D eigenvalue weighted by molar-refractivity contribution is 7.80. The van der Waals surface area contributed by atoms with E-state index in [1.165, 1.54) is 0 Å². The number of amides is 4. The largest absolute Gasteiger partial charge is 0.481 e. The van der Waals surface area contributed by atoms with Crippen molar-refractivity contribution in [3.8, 4) is 0 Å². The minimum Gasteiger partial charge on any atom is -0.481 e. The number of aliphatic hydroxyl groups excluding tert-OH is 1. The number of hydrogen-bond acceptors (Lipinski definition) is 9. The van der Waals surface area contributed by atoms with Crippen molar-refractivity contribution in [3.05, 3.63) is 71.8 Å². The molecule has 0 radical (unpaired) electrons. The van der Waals surface area contributed by atoms with E-state index in [-0.39, 0.29) is 25.0 Å². The van der Waals surface area contributed by atoms with Gasteiger partial charge in [0.1, 0.15) is 30.2 Å². The molecule has 9 N–H and O–H groups in total. The average molecular weight is 632 g/mol. The maximum atomic E-state index is 13.5. The summed E-state index contributed by atoms with van der Waals surface area (Å²) in [6.45, 7) is -0.685. The van der Waals surface area contributed by atoms with Crippen LogP contribution in [-0.4, -0.2) is 93.5 Å². The smallest absolute Gasteiger partial charge is 0.327 e. The molecule has 2 aromatic carbocycles. The van der Waals surface area contributed by atoms with Crippen LogP contribution in [0.1, 0.15) is 24.0 Å². The zero-order valence-electron chi connectivity index (χ0n) is 23.7. The van der Waals surface area contributed by atoms with Crippen molar-refractivity contribution < 1.29 is 44.1 Å². The number of thiol groups is 1. The SMILES string of the molecule is N[C@@H](CO)C(=O)N[C@@H](Cc1ccccc1)C(=O)N[C@@H](CCC(=O)O)C(=O)N[C@@H](Cc1ccccc1)C(=O)N[C@@H](CS)C(=O)O. The molecule has 0 heterocycles. The summed E-state index contributed by atoms with van der Waals surface area (Å²) in [5, 5.41) is 37.6. The van der Waals surface area contributed by atoms with Gasteiger partial charge in [0.05, 0.1) is 6.61 Å². The van der Waals surface area contributed by atoms with Crippen molar-refractivity contribution in [2.75, 3.05) is 12.4 Å². The van der Waals surface area contributed by atoms with Gasteiger partial charge in [-0.05, 0) is 17.5 Å². The molecule has 0 saturated carbocycles. The van der Waals surface area contributed by atoms with E-state index in [0.29, 0.717) is 11.1 Å². The lowest BCUT2D eigenvalue weighted by Gasteiger charge is -2.26. The van der Waals surface area contributed by atoms with Crippen LogP contribution >= 0.6 is 12.6 Å². The zero-order chi connectivity index (χ0) is 32.6. The molecule has 0 bridgehead atoms. The monoisotopic (exact) mass is 631 g/mol. The quantitative estimate of drug-likeness (QED) is 0.0873. The molecule has 0 saturated heterocycles. The van der Waals surface area contributed by atoms with E-state index in [9.17, 15) is 44.1 Å². The molecule has 2 aromatic rings. The number of carboxylic acid groups (broad SMARTS) is 2. The number of carbonyl (C=O) groups excluding carboxylic acids is 4. The number of rotatable bonds is 18. The Morgan fingerprint density at radius 3 is 1.48 bits per heavy atom. The van der Waals surface area contributed by atoms with Crippen LogP contribution in [0.25, 0.3) is 0 Å². The number of aliphatic hydroxyl groups is 1. The Bertz CT molecular complexity index is 1280. The molecular weight excluding hydrogens is 594 g/mol. The molecule has 2 rings (SSSR count). The highest BCUT2D eigenvalue weighted by Gasteiger charge is 2.32. The minimum atomic E-state index is -1.47. The van der Waals surface area contributed by atoms with Gasteiger partial charge in [0.15, 0.2) is 0 Å². The van der Waals surface area contributed by atoms with E-state index in [2.05, 4.69) is 33.9 Å². The Labute approximate surface area is 259 Å². The molecule has 44 heavy (non-hydrogen) atoms. The van der Waals surface area contributed by atoms with E-state index < -0.39 is 78.8 Å². The highest BCUT2D eigenvalue weighted by atomic mass is 32.1. The van der Waals surface area contributed by atoms with Crippen LogP contribution in [0.15, 0.2) is 60.7 Å². The minimum absolute atomic E-state index is 0.0246. The summed E-state index contributed by atoms with van der Waals surface area (Å²) in [5.74, 6) is -6.23. The molecule has 0 aliphatic heterocycles. The van der Waals surface area contributed by atoms with Gasteiger partial charge in [0, 0.05) is 25.0 Å². The van der Waals surface area contributed by atoms with Gasteiger partial charge in [-0.15, -0.1) is 0 Å². The number of hydrogen-bond donors (Lipinski definition) is 9. The number of carbonyl (C=O) groups is 6. The lowest BCUT2D eigenvalue weighted by molar-refractivity contribution is -0.141. The van der Waals surface area contributed by atoms with Crippen LogP contribution in [0.2, 0.25) is 0 Å². The number of nitrogens with two attached hydrogens (primary N) is 1. The molecule has 14 nitrogen and oxygen atoms in total. The van der Waals surface area contributed by atoms with Gasteiger partial charge < -0.3 is 42.3 Å². The number of carboxylic acids is 2. The predicted molar refractivity (Wildman–Crippen MR) is 161 cm³/mol. The van der Waals surface area contributed by atoms with Crippen LogP contribution in [0.3, 0.4) is 0 Å². The summed E-state index contributed by atoms with van der Waals surface area (Å²) in [6.07, 6.45) is -0.977. The van der Waals surface area contributed by atoms with E-state index >= 15 is 0 Å². The first kappa shape index (κ1) is 35.7. The summed E-state index contributed by atoms with van der Waals surface area (Å²) in [6, 6.07) is 10.4. The molecule has 0 aliphatic rings. The number of aliphatic carboxylic acids is 2. The Hall–Kier alpha value is -4.47. The van der Waals surface area contributed by atoms with Gasteiger partial charge in [0.2, 0.25) is 23.6 Å². The molecule has 0 aliphatic carbocycles. The van der Waals surface area contributed by atoms with Gasteiger partial charge in [0.25, 0.3) is 0 Å². The van der Waals surface area contributed by atoms with E-state index in [0.717, 1.165) is 0 Å². The van der Waals surface area contributed by atoms with Gasteiger partial charge >= 0.3 is 11.9 Å². The normalized spacial score (nSPS) is 14.2. The summed E-state index contributed by atoms with van der Waals surface area (Å²) in [4.78, 5) is 75.3. The van der Waals surface area contributed by atoms with Gasteiger partial charge in [-0.3, -0.25) is 24.0 Å². The second-order valence-electron chi connectivity index (χ2n) is 9.87. The molecule has 0 spiro atoms. The fourth-order valence-corrected chi connectivity index (χ4v) is 4.27. The summed E-state index contributed by atoms with van der Waals surface area (Å²) >= 11 is 3.94. The van der Waals surface area contributed by atoms with Crippen molar-refractivity contribution in [2.45, 2.75) is 55.9 Å². The predicted octanol–water partition coefficient (Wildman–Crippen LogP) is -1.39. The first-order valence-corrected chi connectivity index (χ1v) is 14.3. The first-order valence-electron chi connectivity index (χ1n) is 13.7. The van der Waals surface area contributed by atoms with Crippen molar-refractivity contribution in [1.29, 1.82) is 0 Å². The Morgan fingerprint density at radius 2 is 1.07 bits per heavy atom. The van der Waals surface area contributed by atoms with Crippen LogP contribution in [-0.2, 0) is 41.6 Å². The van der Waals surface area contributed by atoms with Crippen LogP contribution in [0, 0.1) is 0 Å². The second kappa shape index (κ2) is 18.3. The van der Waals surface area contributed by atoms with Crippen LogP contribution < -0.4 is 27.0 Å². The highest BCUT2D eigenvalue weighted by Crippen LogP contribution is 2.09.